The molecule has 2 aromatic rings. The standard InChI is InChI=1S/C19H24FN3O2S/c1-19(2,3)14-7-8-23(10-16(14)24)18(25)22-17-21-15(11-26-17)12-5-4-6-13(20)9-12/h4-6,9,11,14,16,24H,7-8,10H2,1-3H3,(H,21,22,25)/t14-,16+/m0/s1. The molecule has 0 spiro atoms. The number of amides is 2. The summed E-state index contributed by atoms with van der Waals surface area (Å²) in [5, 5.41) is 15.4. The molecule has 2 N–H and O–H groups in total. The number of β-amino-alcohol motifs (C(OH)–C–C–N with tert-alkyl or cyclic N) is 1. The molecule has 26 heavy (non-hydrogen) atoms. The molecular formula is C19H24FN3O2S. The van der Waals surface area contributed by atoms with Gasteiger partial charge in [0.05, 0.1) is 11.8 Å². The summed E-state index contributed by atoms with van der Waals surface area (Å²) >= 11 is 1.29. The van der Waals surface area contributed by atoms with Crippen LogP contribution in [0.1, 0.15) is 27.2 Å². The van der Waals surface area contributed by atoms with Crippen molar-refractivity contribution in [1.29, 1.82) is 0 Å². The molecule has 140 valence electrons. The molecular weight excluding hydrogens is 353 g/mol. The predicted octanol–water partition coefficient (Wildman–Crippen LogP) is 4.21. The van der Waals surface area contributed by atoms with Crippen LogP contribution in [0.4, 0.5) is 14.3 Å². The Morgan fingerprint density at radius 1 is 1.42 bits per heavy atom. The van der Waals surface area contributed by atoms with Crippen LogP contribution in [-0.2, 0) is 0 Å². The van der Waals surface area contributed by atoms with Crippen LogP contribution in [0.3, 0.4) is 0 Å². The van der Waals surface area contributed by atoms with Gasteiger partial charge in [0.15, 0.2) is 5.13 Å². The lowest BCUT2D eigenvalue weighted by atomic mass is 9.74. The lowest BCUT2D eigenvalue weighted by molar-refractivity contribution is -0.0108. The van der Waals surface area contributed by atoms with E-state index in [0.29, 0.717) is 29.5 Å². The molecule has 5 nitrogen and oxygen atoms in total. The molecule has 0 aliphatic carbocycles. The van der Waals surface area contributed by atoms with Crippen molar-refractivity contribution >= 4 is 22.5 Å². The van der Waals surface area contributed by atoms with E-state index in [4.69, 9.17) is 0 Å². The minimum absolute atomic E-state index is 0.0111. The Kier molecular flexibility index (Phi) is 5.29. The molecule has 3 rings (SSSR count). The molecule has 1 aromatic heterocycles. The zero-order valence-electron chi connectivity index (χ0n) is 15.2. The van der Waals surface area contributed by atoms with Crippen molar-refractivity contribution in [3.05, 3.63) is 35.5 Å². The first-order chi connectivity index (χ1) is 12.2. The van der Waals surface area contributed by atoms with Crippen LogP contribution in [0.5, 0.6) is 0 Å². The van der Waals surface area contributed by atoms with Crippen molar-refractivity contribution < 1.29 is 14.3 Å². The van der Waals surface area contributed by atoms with Crippen LogP contribution >= 0.6 is 11.3 Å². The molecule has 1 saturated heterocycles. The van der Waals surface area contributed by atoms with E-state index in [0.717, 1.165) is 6.42 Å². The Bertz CT molecular complexity index is 787. The number of anilines is 1. The third-order valence-corrected chi connectivity index (χ3v) is 5.58. The topological polar surface area (TPSA) is 65.5 Å². The Labute approximate surface area is 156 Å². The number of aliphatic hydroxyl groups excluding tert-OH is 1. The maximum atomic E-state index is 13.3. The normalized spacial score (nSPS) is 20.9. The molecule has 0 saturated carbocycles. The zero-order valence-corrected chi connectivity index (χ0v) is 16.0. The molecule has 2 amide bonds. The number of nitrogens with zero attached hydrogens (tertiary/aromatic N) is 2. The van der Waals surface area contributed by atoms with Gasteiger partial charge in [-0.1, -0.05) is 32.9 Å². The lowest BCUT2D eigenvalue weighted by Gasteiger charge is -2.42. The van der Waals surface area contributed by atoms with E-state index in [1.54, 1.807) is 22.4 Å². The van der Waals surface area contributed by atoms with Gasteiger partial charge < -0.3 is 10.0 Å². The molecule has 0 unspecified atom stereocenters. The Hall–Kier alpha value is -1.99. The highest BCUT2D eigenvalue weighted by atomic mass is 32.1. The number of rotatable bonds is 2. The van der Waals surface area contributed by atoms with Crippen LogP contribution < -0.4 is 5.32 Å². The second-order valence-electron chi connectivity index (χ2n) is 7.75. The smallest absolute Gasteiger partial charge is 0.323 e. The third-order valence-electron chi connectivity index (χ3n) is 4.82. The van der Waals surface area contributed by atoms with Gasteiger partial charge in [0.25, 0.3) is 0 Å². The van der Waals surface area contributed by atoms with Crippen LogP contribution in [-0.4, -0.2) is 40.2 Å². The molecule has 2 heterocycles. The highest BCUT2D eigenvalue weighted by molar-refractivity contribution is 7.14. The van der Waals surface area contributed by atoms with E-state index in [-0.39, 0.29) is 23.2 Å². The predicted molar refractivity (Wildman–Crippen MR) is 102 cm³/mol. The summed E-state index contributed by atoms with van der Waals surface area (Å²) in [5.41, 5.74) is 1.30. The Morgan fingerprint density at radius 2 is 2.19 bits per heavy atom. The average Bonchev–Trinajstić information content (AvgIpc) is 3.02. The number of benzene rings is 1. The summed E-state index contributed by atoms with van der Waals surface area (Å²) in [4.78, 5) is 18.5. The number of aromatic nitrogens is 1. The molecule has 1 aliphatic rings. The second kappa shape index (κ2) is 7.32. The second-order valence-corrected chi connectivity index (χ2v) is 8.61. The largest absolute Gasteiger partial charge is 0.391 e. The number of aliphatic hydroxyl groups is 1. The van der Waals surface area contributed by atoms with E-state index in [2.05, 4.69) is 31.1 Å². The van der Waals surface area contributed by atoms with Crippen molar-refractivity contribution in [3.8, 4) is 11.3 Å². The van der Waals surface area contributed by atoms with E-state index >= 15 is 0 Å². The number of hydrogen-bond acceptors (Lipinski definition) is 4. The van der Waals surface area contributed by atoms with Gasteiger partial charge in [-0.3, -0.25) is 5.32 Å². The summed E-state index contributed by atoms with van der Waals surface area (Å²) in [6.45, 7) is 7.25. The Balaban J connectivity index is 1.63. The van der Waals surface area contributed by atoms with Gasteiger partial charge in [-0.2, -0.15) is 0 Å². The van der Waals surface area contributed by atoms with E-state index in [1.165, 1.54) is 23.5 Å². The number of hydrogen-bond donors (Lipinski definition) is 2. The number of thiazole rings is 1. The first kappa shape index (κ1) is 18.8. The molecule has 2 atom stereocenters. The number of halogens is 1. The summed E-state index contributed by atoms with van der Waals surface area (Å²) in [5.74, 6) is -0.150. The summed E-state index contributed by atoms with van der Waals surface area (Å²) in [6.07, 6.45) is 0.235. The first-order valence-corrected chi connectivity index (χ1v) is 9.57. The molecule has 1 fully saturated rings. The molecule has 1 aliphatic heterocycles. The average molecular weight is 377 g/mol. The van der Waals surface area contributed by atoms with Gasteiger partial charge in [-0.15, -0.1) is 11.3 Å². The molecule has 0 bridgehead atoms. The number of urea groups is 1. The highest BCUT2D eigenvalue weighted by Gasteiger charge is 2.37. The van der Waals surface area contributed by atoms with Crippen LogP contribution in [0.2, 0.25) is 0 Å². The van der Waals surface area contributed by atoms with Gasteiger partial charge in [-0.25, -0.2) is 14.2 Å². The fraction of sp³-hybridized carbons (Fsp3) is 0.474. The van der Waals surface area contributed by atoms with Gasteiger partial charge in [0.2, 0.25) is 0 Å². The van der Waals surface area contributed by atoms with Crippen molar-refractivity contribution in [2.75, 3.05) is 18.4 Å². The van der Waals surface area contributed by atoms with Crippen molar-refractivity contribution in [1.82, 2.24) is 9.88 Å². The number of carbonyl (C=O) groups excluding carboxylic acids is 1. The van der Waals surface area contributed by atoms with Gasteiger partial charge in [0.1, 0.15) is 5.82 Å². The summed E-state index contributed by atoms with van der Waals surface area (Å²) in [7, 11) is 0. The first-order valence-electron chi connectivity index (χ1n) is 8.69. The lowest BCUT2D eigenvalue weighted by Crippen LogP contribution is -2.51. The van der Waals surface area contributed by atoms with E-state index in [9.17, 15) is 14.3 Å². The van der Waals surface area contributed by atoms with Crippen molar-refractivity contribution in [2.24, 2.45) is 11.3 Å². The third kappa shape index (κ3) is 4.22. The fourth-order valence-corrected chi connectivity index (χ4v) is 4.12. The number of nitrogens with one attached hydrogen (secondary N) is 1. The minimum atomic E-state index is -0.534. The maximum absolute atomic E-state index is 13.3. The fourth-order valence-electron chi connectivity index (χ4n) is 3.41. The number of carbonyl (C=O) groups is 1. The van der Waals surface area contributed by atoms with E-state index < -0.39 is 6.10 Å². The Morgan fingerprint density at radius 3 is 2.85 bits per heavy atom. The SMILES string of the molecule is CC(C)(C)[C@H]1CCN(C(=O)Nc2nc(-c3cccc(F)c3)cs2)C[C@H]1O. The summed E-state index contributed by atoms with van der Waals surface area (Å²) in [6, 6.07) is 5.93. The number of piperidine rings is 1. The van der Waals surface area contributed by atoms with Crippen LogP contribution in [0.25, 0.3) is 11.3 Å². The monoisotopic (exact) mass is 377 g/mol. The quantitative estimate of drug-likeness (QED) is 0.824. The molecule has 7 heteroatoms. The van der Waals surface area contributed by atoms with Crippen molar-refractivity contribution in [2.45, 2.75) is 33.3 Å². The van der Waals surface area contributed by atoms with E-state index in [1.807, 2.05) is 0 Å². The molecule has 0 radical (unpaired) electrons. The van der Waals surface area contributed by atoms with Crippen LogP contribution in [0.15, 0.2) is 29.6 Å². The molecule has 1 aromatic carbocycles. The maximum Gasteiger partial charge on any atom is 0.323 e. The van der Waals surface area contributed by atoms with Gasteiger partial charge in [0, 0.05) is 24.0 Å². The van der Waals surface area contributed by atoms with Gasteiger partial charge >= 0.3 is 6.03 Å². The minimum Gasteiger partial charge on any atom is -0.391 e. The van der Waals surface area contributed by atoms with Crippen LogP contribution in [0, 0.1) is 17.2 Å². The summed E-state index contributed by atoms with van der Waals surface area (Å²) < 4.78 is 13.3. The van der Waals surface area contributed by atoms with Gasteiger partial charge in [-0.05, 0) is 29.9 Å². The number of likely N-dealkylation sites (tertiary alicyclic amines) is 1. The zero-order chi connectivity index (χ0) is 18.9. The highest BCUT2D eigenvalue weighted by Crippen LogP contribution is 2.35. The van der Waals surface area contributed by atoms with Crippen molar-refractivity contribution in [3.63, 3.8) is 0 Å².